The van der Waals surface area contributed by atoms with E-state index in [9.17, 15) is 22.8 Å². The lowest BCUT2D eigenvalue weighted by atomic mass is 9.99. The Morgan fingerprint density at radius 2 is 1.69 bits per heavy atom. The van der Waals surface area contributed by atoms with E-state index in [1.165, 1.54) is 0 Å². The van der Waals surface area contributed by atoms with Gasteiger partial charge in [0, 0.05) is 18.9 Å². The number of alkyl carbamates (subject to hydrolysis) is 1. The van der Waals surface area contributed by atoms with E-state index >= 15 is 0 Å². The average molecular weight is 417 g/mol. The van der Waals surface area contributed by atoms with Crippen LogP contribution in [0, 0.1) is 6.92 Å². The van der Waals surface area contributed by atoms with Gasteiger partial charge in [0.05, 0.1) is 5.56 Å². The Hall–Kier alpha value is -2.67. The summed E-state index contributed by atoms with van der Waals surface area (Å²) in [4.78, 5) is 40.0. The molecular formula is C20H26F3NO5. The molecule has 0 bridgehead atoms. The largest absolute Gasteiger partial charge is 0.444 e. The maximum absolute atomic E-state index is 12.8. The molecule has 0 heterocycles. The van der Waals surface area contributed by atoms with Gasteiger partial charge in [-0.25, -0.2) is 4.79 Å². The molecule has 0 saturated heterocycles. The number of benzene rings is 1. The molecule has 1 N–H and O–H groups in total. The van der Waals surface area contributed by atoms with Crippen LogP contribution in [-0.2, 0) is 31.7 Å². The molecule has 6 nitrogen and oxygen atoms in total. The number of aryl methyl sites for hydroxylation is 1. The molecule has 29 heavy (non-hydrogen) atoms. The molecule has 0 aromatic heterocycles. The van der Waals surface area contributed by atoms with Crippen LogP contribution in [-0.4, -0.2) is 29.7 Å². The second-order valence-corrected chi connectivity index (χ2v) is 7.59. The minimum Gasteiger partial charge on any atom is -0.444 e. The maximum Gasteiger partial charge on any atom is 0.416 e. The number of halogens is 3. The Labute approximate surface area is 167 Å². The minimum absolute atomic E-state index is 0.0656. The predicted molar refractivity (Wildman–Crippen MR) is 98.0 cm³/mol. The van der Waals surface area contributed by atoms with Gasteiger partial charge in [-0.15, -0.1) is 0 Å². The van der Waals surface area contributed by atoms with Crippen LogP contribution in [0.1, 0.15) is 57.2 Å². The maximum atomic E-state index is 12.8. The number of carbonyl (C=O) groups excluding carboxylic acids is 4. The first kappa shape index (κ1) is 26.3. The first-order chi connectivity index (χ1) is 13.2. The van der Waals surface area contributed by atoms with Gasteiger partial charge in [-0.1, -0.05) is 11.6 Å². The lowest BCUT2D eigenvalue weighted by Crippen LogP contribution is -2.37. The molecule has 9 heteroatoms. The Bertz CT molecular complexity index is 733. The van der Waals surface area contributed by atoms with Gasteiger partial charge in [0.1, 0.15) is 11.4 Å². The van der Waals surface area contributed by atoms with Crippen molar-refractivity contribution >= 4 is 18.0 Å². The Morgan fingerprint density at radius 3 is 2.17 bits per heavy atom. The molecule has 0 aliphatic carbocycles. The lowest BCUT2D eigenvalue weighted by molar-refractivity contribution is -0.191. The topological polar surface area (TPSA) is 89.5 Å². The summed E-state index contributed by atoms with van der Waals surface area (Å²) in [5.74, 6) is -0.179. The van der Waals surface area contributed by atoms with Crippen molar-refractivity contribution in [1.29, 1.82) is 0 Å². The van der Waals surface area contributed by atoms with Crippen molar-refractivity contribution in [3.05, 3.63) is 34.9 Å². The summed E-state index contributed by atoms with van der Waals surface area (Å²) in [7, 11) is 0. The van der Waals surface area contributed by atoms with Gasteiger partial charge in [-0.3, -0.25) is 4.79 Å². The van der Waals surface area contributed by atoms with Crippen LogP contribution in [0.2, 0.25) is 0 Å². The van der Waals surface area contributed by atoms with Crippen LogP contribution >= 0.6 is 0 Å². The van der Waals surface area contributed by atoms with E-state index in [1.54, 1.807) is 40.7 Å². The number of rotatable bonds is 6. The molecule has 0 aliphatic rings. The second-order valence-electron chi connectivity index (χ2n) is 7.59. The third-order valence-electron chi connectivity index (χ3n) is 3.49. The van der Waals surface area contributed by atoms with Crippen molar-refractivity contribution in [1.82, 2.24) is 5.32 Å². The quantitative estimate of drug-likeness (QED) is 0.748. The Balaban J connectivity index is 0.00000245. The fourth-order valence-corrected chi connectivity index (χ4v) is 2.40. The highest BCUT2D eigenvalue weighted by atomic mass is 19.4. The van der Waals surface area contributed by atoms with Gasteiger partial charge in [-0.2, -0.15) is 22.8 Å². The Kier molecular flexibility index (Phi) is 10.3. The lowest BCUT2D eigenvalue weighted by Gasteiger charge is -2.21. The third kappa shape index (κ3) is 12.4. The number of Topliss-reactive ketones (excluding diaryl/α,β-unsaturated/α-hetero) is 1. The number of hydrogen-bond donors (Lipinski definition) is 1. The fraction of sp³-hybridized carbons (Fsp3) is 0.550. The highest BCUT2D eigenvalue weighted by Crippen LogP contribution is 2.30. The molecule has 0 saturated carbocycles. The van der Waals surface area contributed by atoms with Crippen molar-refractivity contribution in [3.63, 3.8) is 0 Å². The third-order valence-corrected chi connectivity index (χ3v) is 3.49. The van der Waals surface area contributed by atoms with Gasteiger partial charge in [0.2, 0.25) is 0 Å². The molecule has 1 amide bonds. The van der Waals surface area contributed by atoms with Gasteiger partial charge in [0.15, 0.2) is 0 Å². The molecule has 0 radical (unpaired) electrons. The van der Waals surface area contributed by atoms with Crippen LogP contribution in [0.25, 0.3) is 0 Å². The molecular weight excluding hydrogens is 391 g/mol. The summed E-state index contributed by atoms with van der Waals surface area (Å²) < 4.78 is 43.7. The van der Waals surface area contributed by atoms with E-state index in [4.69, 9.17) is 14.3 Å². The molecule has 0 fully saturated rings. The monoisotopic (exact) mass is 417 g/mol. The van der Waals surface area contributed by atoms with Gasteiger partial charge in [0.25, 0.3) is 0 Å². The molecule has 162 valence electrons. The van der Waals surface area contributed by atoms with Crippen molar-refractivity contribution in [2.45, 2.75) is 71.7 Å². The van der Waals surface area contributed by atoms with E-state index in [0.29, 0.717) is 17.5 Å². The van der Waals surface area contributed by atoms with Crippen molar-refractivity contribution < 1.29 is 37.1 Å². The molecule has 1 atom stereocenters. The molecule has 1 unspecified atom stereocenters. The Morgan fingerprint density at radius 1 is 1.14 bits per heavy atom. The SMILES string of the molecule is Cc1cc(CC(=O)CCC(C)NC(=O)OC(C)(C)C)cc(C(F)(F)F)c1.O=C=O. The van der Waals surface area contributed by atoms with Crippen LogP contribution in [0.4, 0.5) is 18.0 Å². The molecule has 1 aromatic rings. The standard InChI is InChI=1S/C19H26F3NO3.CO2/c1-12-8-14(10-15(9-12)19(20,21)22)11-16(24)7-6-13(2)23-17(25)26-18(3,4)5;2-1-3/h8-10,13H,6-7,11H2,1-5H3,(H,23,25);. The molecule has 0 aliphatic heterocycles. The minimum atomic E-state index is -4.43. The van der Waals surface area contributed by atoms with Gasteiger partial charge >= 0.3 is 18.4 Å². The summed E-state index contributed by atoms with van der Waals surface area (Å²) in [6.45, 7) is 8.55. The van der Waals surface area contributed by atoms with Gasteiger partial charge < -0.3 is 10.1 Å². The summed E-state index contributed by atoms with van der Waals surface area (Å²) in [5, 5.41) is 2.63. The number of nitrogens with one attached hydrogen (secondary N) is 1. The molecule has 1 rings (SSSR count). The van der Waals surface area contributed by atoms with Crippen molar-refractivity contribution in [3.8, 4) is 0 Å². The van der Waals surface area contributed by atoms with Crippen molar-refractivity contribution in [2.24, 2.45) is 0 Å². The van der Waals surface area contributed by atoms with Gasteiger partial charge in [-0.05, 0) is 58.7 Å². The second kappa shape index (κ2) is 11.4. The van der Waals surface area contributed by atoms with E-state index in [-0.39, 0.29) is 30.8 Å². The summed E-state index contributed by atoms with van der Waals surface area (Å²) in [5.41, 5.74) is -0.557. The molecule has 1 aromatic carbocycles. The number of carbonyl (C=O) groups is 2. The van der Waals surface area contributed by atoms with Crippen LogP contribution in [0.5, 0.6) is 0 Å². The average Bonchev–Trinajstić information content (AvgIpc) is 2.50. The summed E-state index contributed by atoms with van der Waals surface area (Å²) in [6.07, 6.45) is -4.27. The number of ketones is 1. The van der Waals surface area contributed by atoms with E-state index in [0.717, 1.165) is 12.1 Å². The summed E-state index contributed by atoms with van der Waals surface area (Å²) in [6, 6.07) is 3.36. The first-order valence-electron chi connectivity index (χ1n) is 8.86. The van der Waals surface area contributed by atoms with Crippen LogP contribution < -0.4 is 5.32 Å². The van der Waals surface area contributed by atoms with Crippen molar-refractivity contribution in [2.75, 3.05) is 0 Å². The predicted octanol–water partition coefficient (Wildman–Crippen LogP) is 4.24. The highest BCUT2D eigenvalue weighted by molar-refractivity contribution is 5.81. The van der Waals surface area contributed by atoms with Crippen LogP contribution in [0.15, 0.2) is 18.2 Å². The van der Waals surface area contributed by atoms with E-state index in [2.05, 4.69) is 5.32 Å². The summed E-state index contributed by atoms with van der Waals surface area (Å²) >= 11 is 0. The highest BCUT2D eigenvalue weighted by Gasteiger charge is 2.31. The zero-order chi connectivity index (χ0) is 22.8. The van der Waals surface area contributed by atoms with E-state index in [1.807, 2.05) is 0 Å². The zero-order valence-electron chi connectivity index (χ0n) is 17.1. The number of amides is 1. The number of ether oxygens (including phenoxy) is 1. The fourth-order valence-electron chi connectivity index (χ4n) is 2.40. The molecule has 0 spiro atoms. The normalized spacial score (nSPS) is 12.1. The van der Waals surface area contributed by atoms with Crippen LogP contribution in [0.3, 0.4) is 0 Å². The first-order valence-corrected chi connectivity index (χ1v) is 8.86. The zero-order valence-corrected chi connectivity index (χ0v) is 17.1. The van der Waals surface area contributed by atoms with E-state index < -0.39 is 23.4 Å². The number of hydrogen-bond acceptors (Lipinski definition) is 5. The number of alkyl halides is 3. The smallest absolute Gasteiger partial charge is 0.416 e.